The van der Waals surface area contributed by atoms with E-state index in [1.807, 2.05) is 0 Å². The van der Waals surface area contributed by atoms with Crippen LogP contribution in [0.15, 0.2) is 51.9 Å². The van der Waals surface area contributed by atoms with Gasteiger partial charge in [-0.1, -0.05) is 5.16 Å². The van der Waals surface area contributed by atoms with Crippen molar-refractivity contribution in [3.8, 4) is 22.9 Å². The first-order chi connectivity index (χ1) is 14.7. The van der Waals surface area contributed by atoms with Crippen molar-refractivity contribution in [2.24, 2.45) is 0 Å². The van der Waals surface area contributed by atoms with Crippen LogP contribution < -0.4 is 14.8 Å². The average molecular weight is 446 g/mol. The van der Waals surface area contributed by atoms with Crippen LogP contribution in [0.4, 0.5) is 5.69 Å². The number of methoxy groups -OCH3 is 1. The van der Waals surface area contributed by atoms with Gasteiger partial charge in [-0.15, -0.1) is 0 Å². The summed E-state index contributed by atoms with van der Waals surface area (Å²) in [5.41, 5.74) is 1.05. The summed E-state index contributed by atoms with van der Waals surface area (Å²) in [6.07, 6.45) is 0. The number of sulfonamides is 1. The topological polar surface area (TPSA) is 124 Å². The fourth-order valence-electron chi connectivity index (χ4n) is 2.62. The number of carbonyl (C=O) groups is 1. The van der Waals surface area contributed by atoms with Gasteiger partial charge in [-0.05, 0) is 42.5 Å². The molecule has 0 aliphatic carbocycles. The van der Waals surface area contributed by atoms with E-state index in [4.69, 9.17) is 14.0 Å². The second kappa shape index (κ2) is 9.14. The summed E-state index contributed by atoms with van der Waals surface area (Å²) in [4.78, 5) is 16.4. The van der Waals surface area contributed by atoms with Crippen LogP contribution in [0, 0.1) is 6.92 Å². The van der Waals surface area contributed by atoms with Crippen molar-refractivity contribution in [1.82, 2.24) is 14.4 Å². The van der Waals surface area contributed by atoms with Crippen LogP contribution in [-0.2, 0) is 14.8 Å². The van der Waals surface area contributed by atoms with Gasteiger partial charge < -0.3 is 19.3 Å². The van der Waals surface area contributed by atoms with Gasteiger partial charge in [0.1, 0.15) is 16.4 Å². The van der Waals surface area contributed by atoms with E-state index >= 15 is 0 Å². The number of anilines is 1. The Morgan fingerprint density at radius 2 is 1.87 bits per heavy atom. The lowest BCUT2D eigenvalue weighted by atomic mass is 10.2. The van der Waals surface area contributed by atoms with E-state index in [-0.39, 0.29) is 17.3 Å². The molecule has 164 valence electrons. The zero-order valence-corrected chi connectivity index (χ0v) is 18.3. The Bertz CT molecular complexity index is 1170. The van der Waals surface area contributed by atoms with Crippen LogP contribution in [0.1, 0.15) is 5.89 Å². The first kappa shape index (κ1) is 22.2. The SMILES string of the molecule is COc1ccc(NC(=O)COc2ccc(-c3noc(C)n3)cc2)cc1S(=O)(=O)N(C)C. The number of hydrogen-bond donors (Lipinski definition) is 1. The van der Waals surface area contributed by atoms with Crippen LogP contribution in [0.2, 0.25) is 0 Å². The highest BCUT2D eigenvalue weighted by atomic mass is 32.2. The molecule has 0 unspecified atom stereocenters. The fraction of sp³-hybridized carbons (Fsp3) is 0.250. The van der Waals surface area contributed by atoms with Gasteiger partial charge >= 0.3 is 0 Å². The minimum absolute atomic E-state index is 0.0500. The lowest BCUT2D eigenvalue weighted by Gasteiger charge is -2.16. The molecule has 11 heteroatoms. The number of benzene rings is 2. The van der Waals surface area contributed by atoms with E-state index in [0.717, 1.165) is 9.87 Å². The Morgan fingerprint density at radius 1 is 1.16 bits per heavy atom. The number of hydrogen-bond acceptors (Lipinski definition) is 8. The molecule has 10 nitrogen and oxygen atoms in total. The molecule has 2 aromatic carbocycles. The summed E-state index contributed by atoms with van der Waals surface area (Å²) in [5.74, 6) is 1.14. The molecule has 0 atom stereocenters. The third-order valence-corrected chi connectivity index (χ3v) is 6.05. The first-order valence-corrected chi connectivity index (χ1v) is 10.6. The molecule has 0 spiro atoms. The van der Waals surface area contributed by atoms with Crippen molar-refractivity contribution in [1.29, 1.82) is 0 Å². The van der Waals surface area contributed by atoms with Crippen molar-refractivity contribution < 1.29 is 27.2 Å². The summed E-state index contributed by atoms with van der Waals surface area (Å²) >= 11 is 0. The molecule has 0 aliphatic heterocycles. The van der Waals surface area contributed by atoms with Gasteiger partial charge in [0.25, 0.3) is 5.91 Å². The highest BCUT2D eigenvalue weighted by Gasteiger charge is 2.23. The highest BCUT2D eigenvalue weighted by Crippen LogP contribution is 2.29. The summed E-state index contributed by atoms with van der Waals surface area (Å²) in [5, 5.41) is 6.46. The minimum atomic E-state index is -3.75. The molecule has 0 radical (unpaired) electrons. The standard InChI is InChI=1S/C20H22N4O6S/c1-13-21-20(23-30-13)14-5-8-16(9-6-14)29-12-19(25)22-15-7-10-17(28-4)18(11-15)31(26,27)24(2)3/h5-11H,12H2,1-4H3,(H,22,25). The molecule has 1 heterocycles. The van der Waals surface area contributed by atoms with E-state index in [0.29, 0.717) is 23.2 Å². The molecular formula is C20H22N4O6S. The molecule has 0 bridgehead atoms. The molecule has 1 N–H and O–H groups in total. The maximum absolute atomic E-state index is 12.5. The third-order valence-electron chi connectivity index (χ3n) is 4.22. The molecule has 31 heavy (non-hydrogen) atoms. The van der Waals surface area contributed by atoms with Crippen LogP contribution in [0.3, 0.4) is 0 Å². The van der Waals surface area contributed by atoms with Crippen molar-refractivity contribution in [2.75, 3.05) is 33.1 Å². The normalized spacial score (nSPS) is 11.4. The lowest BCUT2D eigenvalue weighted by molar-refractivity contribution is -0.118. The molecule has 3 rings (SSSR count). The van der Waals surface area contributed by atoms with Gasteiger partial charge in [-0.25, -0.2) is 12.7 Å². The summed E-state index contributed by atoms with van der Waals surface area (Å²) in [6.45, 7) is 1.44. The van der Waals surface area contributed by atoms with Crippen molar-refractivity contribution in [3.05, 3.63) is 48.4 Å². The number of rotatable bonds is 8. The number of ether oxygens (including phenoxy) is 2. The average Bonchev–Trinajstić information content (AvgIpc) is 3.18. The number of nitrogens with one attached hydrogen (secondary N) is 1. The predicted octanol–water partition coefficient (Wildman–Crippen LogP) is 2.32. The Morgan fingerprint density at radius 3 is 2.45 bits per heavy atom. The van der Waals surface area contributed by atoms with Crippen LogP contribution >= 0.6 is 0 Å². The number of carbonyl (C=O) groups excluding carboxylic acids is 1. The largest absolute Gasteiger partial charge is 0.495 e. The van der Waals surface area contributed by atoms with Gasteiger partial charge in [-0.2, -0.15) is 4.98 Å². The third kappa shape index (κ3) is 5.19. The van der Waals surface area contributed by atoms with Gasteiger partial charge in [0.2, 0.25) is 21.7 Å². The molecule has 0 fully saturated rings. The second-order valence-corrected chi connectivity index (χ2v) is 8.77. The summed E-state index contributed by atoms with van der Waals surface area (Å²) in [7, 11) is 0.458. The Kier molecular flexibility index (Phi) is 6.56. The summed E-state index contributed by atoms with van der Waals surface area (Å²) < 4.78 is 41.6. The molecule has 0 saturated carbocycles. The number of amides is 1. The van der Waals surface area contributed by atoms with E-state index in [2.05, 4.69) is 15.5 Å². The summed E-state index contributed by atoms with van der Waals surface area (Å²) in [6, 6.07) is 11.2. The second-order valence-electron chi connectivity index (χ2n) is 6.65. The smallest absolute Gasteiger partial charge is 0.262 e. The van der Waals surface area contributed by atoms with Gasteiger partial charge in [0.15, 0.2) is 6.61 Å². The van der Waals surface area contributed by atoms with Crippen LogP contribution in [0.5, 0.6) is 11.5 Å². The quantitative estimate of drug-likeness (QED) is 0.559. The first-order valence-electron chi connectivity index (χ1n) is 9.14. The maximum atomic E-state index is 12.5. The Labute approximate surface area is 179 Å². The molecule has 0 aliphatic rings. The minimum Gasteiger partial charge on any atom is -0.495 e. The van der Waals surface area contributed by atoms with Crippen LogP contribution in [-0.4, -0.2) is 56.6 Å². The molecule has 1 aromatic heterocycles. The van der Waals surface area contributed by atoms with Gasteiger partial charge in [0.05, 0.1) is 7.11 Å². The molecule has 0 saturated heterocycles. The van der Waals surface area contributed by atoms with Crippen molar-refractivity contribution in [3.63, 3.8) is 0 Å². The van der Waals surface area contributed by atoms with Gasteiger partial charge in [0, 0.05) is 32.3 Å². The highest BCUT2D eigenvalue weighted by molar-refractivity contribution is 7.89. The molecule has 3 aromatic rings. The van der Waals surface area contributed by atoms with E-state index in [9.17, 15) is 13.2 Å². The Hall–Kier alpha value is -3.44. The van der Waals surface area contributed by atoms with Crippen molar-refractivity contribution in [2.45, 2.75) is 11.8 Å². The number of nitrogens with zero attached hydrogens (tertiary/aromatic N) is 3. The van der Waals surface area contributed by atoms with E-state index in [1.165, 1.54) is 33.3 Å². The zero-order valence-electron chi connectivity index (χ0n) is 17.4. The lowest BCUT2D eigenvalue weighted by Crippen LogP contribution is -2.24. The monoisotopic (exact) mass is 446 g/mol. The molecule has 1 amide bonds. The number of aryl methyl sites for hydroxylation is 1. The fourth-order valence-corrected chi connectivity index (χ4v) is 3.69. The molecular weight excluding hydrogens is 424 g/mol. The predicted molar refractivity (Wildman–Crippen MR) is 112 cm³/mol. The Balaban J connectivity index is 1.64. The number of aromatic nitrogens is 2. The van der Waals surface area contributed by atoms with Crippen LogP contribution in [0.25, 0.3) is 11.4 Å². The van der Waals surface area contributed by atoms with Gasteiger partial charge in [-0.3, -0.25) is 4.79 Å². The maximum Gasteiger partial charge on any atom is 0.262 e. The van der Waals surface area contributed by atoms with E-state index in [1.54, 1.807) is 37.3 Å². The zero-order chi connectivity index (χ0) is 22.6. The van der Waals surface area contributed by atoms with Crippen molar-refractivity contribution >= 4 is 21.6 Å². The van der Waals surface area contributed by atoms with E-state index < -0.39 is 15.9 Å².